The molecule has 1 saturated heterocycles. The Labute approximate surface area is 176 Å². The zero-order chi connectivity index (χ0) is 21.5. The Kier molecular flexibility index (Phi) is 8.52. The molecule has 0 aromatic heterocycles. The Morgan fingerprint density at radius 3 is 2.38 bits per heavy atom. The summed E-state index contributed by atoms with van der Waals surface area (Å²) in [4.78, 5) is 6.73. The van der Waals surface area contributed by atoms with Gasteiger partial charge in [0, 0.05) is 40.4 Å². The zero-order valence-corrected chi connectivity index (χ0v) is 19.4. The van der Waals surface area contributed by atoms with Gasteiger partial charge in [-0.05, 0) is 48.3 Å². The molecule has 1 N–H and O–H groups in total. The van der Waals surface area contributed by atoms with Crippen molar-refractivity contribution in [1.29, 1.82) is 0 Å². The van der Waals surface area contributed by atoms with Gasteiger partial charge < -0.3 is 15.0 Å². The first-order valence-corrected chi connectivity index (χ1v) is 12.1. The van der Waals surface area contributed by atoms with Gasteiger partial charge >= 0.3 is 0 Å². The molecule has 164 valence electrons. The van der Waals surface area contributed by atoms with Gasteiger partial charge in [-0.3, -0.25) is 4.99 Å². The summed E-state index contributed by atoms with van der Waals surface area (Å²) in [6.45, 7) is 9.29. The van der Waals surface area contributed by atoms with Gasteiger partial charge in [-0.25, -0.2) is 8.42 Å². The maximum absolute atomic E-state index is 12.7. The van der Waals surface area contributed by atoms with Crippen molar-refractivity contribution in [2.75, 3.05) is 46.2 Å². The number of rotatable bonds is 7. The molecule has 6 nitrogen and oxygen atoms in total. The molecular formula is C22H37N3O3S. The Morgan fingerprint density at radius 1 is 1.21 bits per heavy atom. The van der Waals surface area contributed by atoms with Crippen LogP contribution in [0.5, 0.6) is 0 Å². The minimum absolute atomic E-state index is 0.00553. The van der Waals surface area contributed by atoms with Crippen molar-refractivity contribution >= 4 is 15.8 Å². The minimum Gasteiger partial charge on any atom is -0.381 e. The molecule has 0 atom stereocenters. The van der Waals surface area contributed by atoms with E-state index in [1.807, 2.05) is 19.2 Å². The van der Waals surface area contributed by atoms with Crippen LogP contribution >= 0.6 is 0 Å². The number of guanidine groups is 1. The molecule has 2 rings (SSSR count). The second-order valence-electron chi connectivity index (χ2n) is 8.83. The molecule has 1 aromatic carbocycles. The third kappa shape index (κ3) is 7.30. The summed E-state index contributed by atoms with van der Waals surface area (Å²) in [5, 5.41) is 3.19. The highest BCUT2D eigenvalue weighted by Gasteiger charge is 2.19. The van der Waals surface area contributed by atoms with Crippen molar-refractivity contribution < 1.29 is 13.2 Å². The molecule has 0 aliphatic carbocycles. The van der Waals surface area contributed by atoms with Crippen molar-refractivity contribution in [2.45, 2.75) is 50.3 Å². The third-order valence-electron chi connectivity index (χ3n) is 5.52. The van der Waals surface area contributed by atoms with Crippen LogP contribution in [0, 0.1) is 5.92 Å². The summed E-state index contributed by atoms with van der Waals surface area (Å²) in [6, 6.07) is 7.24. The number of ether oxygens (including phenoxy) is 1. The lowest BCUT2D eigenvalue weighted by Gasteiger charge is -2.26. The average Bonchev–Trinajstić information content (AvgIpc) is 2.69. The highest BCUT2D eigenvalue weighted by Crippen LogP contribution is 2.23. The van der Waals surface area contributed by atoms with Crippen molar-refractivity contribution in [3.63, 3.8) is 0 Å². The monoisotopic (exact) mass is 423 g/mol. The van der Waals surface area contributed by atoms with Gasteiger partial charge in [-0.1, -0.05) is 32.9 Å². The highest BCUT2D eigenvalue weighted by atomic mass is 32.2. The summed E-state index contributed by atoms with van der Waals surface area (Å²) < 4.78 is 30.7. The van der Waals surface area contributed by atoms with E-state index in [1.54, 1.807) is 19.2 Å². The molecule has 0 saturated carbocycles. The van der Waals surface area contributed by atoms with E-state index in [-0.39, 0.29) is 11.2 Å². The highest BCUT2D eigenvalue weighted by molar-refractivity contribution is 7.91. The van der Waals surface area contributed by atoms with Crippen LogP contribution < -0.4 is 5.32 Å². The molecule has 0 unspecified atom stereocenters. The van der Waals surface area contributed by atoms with E-state index in [0.29, 0.717) is 17.4 Å². The Morgan fingerprint density at radius 2 is 1.83 bits per heavy atom. The lowest BCUT2D eigenvalue weighted by atomic mass is 9.87. The van der Waals surface area contributed by atoms with Crippen LogP contribution in [0.4, 0.5) is 0 Å². The zero-order valence-electron chi connectivity index (χ0n) is 18.6. The molecule has 29 heavy (non-hydrogen) atoms. The average molecular weight is 424 g/mol. The maximum Gasteiger partial charge on any atom is 0.193 e. The van der Waals surface area contributed by atoms with E-state index in [1.165, 1.54) is 0 Å². The van der Waals surface area contributed by atoms with Crippen LogP contribution in [0.25, 0.3) is 0 Å². The predicted molar refractivity (Wildman–Crippen MR) is 119 cm³/mol. The summed E-state index contributed by atoms with van der Waals surface area (Å²) in [5.41, 5.74) is 1.13. The van der Waals surface area contributed by atoms with Crippen LogP contribution in [-0.4, -0.2) is 65.4 Å². The largest absolute Gasteiger partial charge is 0.381 e. The molecule has 1 aromatic rings. The molecule has 1 heterocycles. The fraction of sp³-hybridized carbons (Fsp3) is 0.682. The first-order valence-electron chi connectivity index (χ1n) is 10.5. The molecule has 1 aliphatic rings. The van der Waals surface area contributed by atoms with Gasteiger partial charge in [0.1, 0.15) is 0 Å². The summed E-state index contributed by atoms with van der Waals surface area (Å²) in [7, 11) is 0.392. The lowest BCUT2D eigenvalue weighted by Crippen LogP contribution is -2.41. The molecule has 0 bridgehead atoms. The molecular weight excluding hydrogens is 386 g/mol. The maximum atomic E-state index is 12.7. The standard InChI is InChI=1S/C22H37N3O3S/c1-22(2,3)19-6-8-20(9-7-19)29(26,27)17-13-24-21(23-4)25(5)14-10-18-11-15-28-16-12-18/h6-9,18H,10-17H2,1-5H3,(H,23,24). The number of hydrogen-bond acceptors (Lipinski definition) is 4. The number of nitrogens with one attached hydrogen (secondary N) is 1. The lowest BCUT2D eigenvalue weighted by molar-refractivity contribution is 0.0625. The van der Waals surface area contributed by atoms with E-state index in [0.717, 1.165) is 50.5 Å². The number of sulfone groups is 1. The van der Waals surface area contributed by atoms with E-state index in [9.17, 15) is 8.42 Å². The normalized spacial score (nSPS) is 16.7. The van der Waals surface area contributed by atoms with Crippen LogP contribution in [-0.2, 0) is 20.0 Å². The van der Waals surface area contributed by atoms with E-state index >= 15 is 0 Å². The molecule has 0 radical (unpaired) electrons. The molecule has 1 fully saturated rings. The van der Waals surface area contributed by atoms with Gasteiger partial charge in [0.25, 0.3) is 0 Å². The van der Waals surface area contributed by atoms with Crippen molar-refractivity contribution in [3.05, 3.63) is 29.8 Å². The molecule has 0 spiro atoms. The van der Waals surface area contributed by atoms with Gasteiger partial charge in [-0.2, -0.15) is 0 Å². The van der Waals surface area contributed by atoms with E-state index < -0.39 is 9.84 Å². The van der Waals surface area contributed by atoms with Crippen molar-refractivity contribution in [1.82, 2.24) is 10.2 Å². The fourth-order valence-electron chi connectivity index (χ4n) is 3.48. The molecule has 7 heteroatoms. The van der Waals surface area contributed by atoms with Crippen molar-refractivity contribution in [3.8, 4) is 0 Å². The Hall–Kier alpha value is -1.60. The molecule has 0 amide bonds. The third-order valence-corrected chi connectivity index (χ3v) is 7.25. The number of hydrogen-bond donors (Lipinski definition) is 1. The first kappa shape index (κ1) is 23.7. The first-order chi connectivity index (χ1) is 13.6. The van der Waals surface area contributed by atoms with Gasteiger partial charge in [0.05, 0.1) is 10.6 Å². The van der Waals surface area contributed by atoms with Crippen LogP contribution in [0.3, 0.4) is 0 Å². The number of nitrogens with zero attached hydrogens (tertiary/aromatic N) is 2. The second kappa shape index (κ2) is 10.4. The summed E-state index contributed by atoms with van der Waals surface area (Å²) in [6.07, 6.45) is 3.33. The fourth-order valence-corrected chi connectivity index (χ4v) is 4.64. The van der Waals surface area contributed by atoms with Gasteiger partial charge in [0.15, 0.2) is 15.8 Å². The minimum atomic E-state index is -3.33. The van der Waals surface area contributed by atoms with Crippen LogP contribution in [0.1, 0.15) is 45.6 Å². The van der Waals surface area contributed by atoms with E-state index in [4.69, 9.17) is 4.74 Å². The van der Waals surface area contributed by atoms with Gasteiger partial charge in [0.2, 0.25) is 0 Å². The Balaban J connectivity index is 1.84. The number of benzene rings is 1. The topological polar surface area (TPSA) is 71.0 Å². The smallest absolute Gasteiger partial charge is 0.193 e. The Bertz CT molecular complexity index is 761. The SMILES string of the molecule is CN=C(NCCS(=O)(=O)c1ccc(C(C)(C)C)cc1)N(C)CCC1CCOCC1. The summed E-state index contributed by atoms with van der Waals surface area (Å²) in [5.74, 6) is 1.46. The van der Waals surface area contributed by atoms with Crippen LogP contribution in [0.15, 0.2) is 34.2 Å². The van der Waals surface area contributed by atoms with Crippen LogP contribution in [0.2, 0.25) is 0 Å². The predicted octanol–water partition coefficient (Wildman–Crippen LogP) is 3.08. The van der Waals surface area contributed by atoms with Crippen molar-refractivity contribution in [2.24, 2.45) is 10.9 Å². The summed E-state index contributed by atoms with van der Waals surface area (Å²) >= 11 is 0. The van der Waals surface area contributed by atoms with E-state index in [2.05, 4.69) is 36.0 Å². The number of aliphatic imine (C=N–C) groups is 1. The quantitative estimate of drug-likeness (QED) is 0.539. The molecule has 1 aliphatic heterocycles. The second-order valence-corrected chi connectivity index (χ2v) is 10.9. The van der Waals surface area contributed by atoms with Gasteiger partial charge in [-0.15, -0.1) is 0 Å².